The Bertz CT molecular complexity index is 958. The van der Waals surface area contributed by atoms with Crippen molar-refractivity contribution in [2.24, 2.45) is 0 Å². The molecule has 0 aliphatic heterocycles. The molecule has 146 valence electrons. The second kappa shape index (κ2) is 7.81. The minimum Gasteiger partial charge on any atom is -0.462 e. The van der Waals surface area contributed by atoms with E-state index in [1.165, 1.54) is 18.2 Å². The Kier molecular flexibility index (Phi) is 5.92. The van der Waals surface area contributed by atoms with Gasteiger partial charge in [0.1, 0.15) is 5.56 Å². The van der Waals surface area contributed by atoms with Crippen LogP contribution in [0.3, 0.4) is 0 Å². The van der Waals surface area contributed by atoms with Gasteiger partial charge in [0.2, 0.25) is 0 Å². The molecule has 1 aromatic heterocycles. The first-order valence-electron chi connectivity index (χ1n) is 8.26. The smallest absolute Gasteiger partial charge is 0.416 e. The molecule has 0 spiro atoms. The largest absolute Gasteiger partial charge is 0.462 e. The SMILES string of the molecule is CCOC(=O)c1cn(C(C)C)c(=O)n(Cc2ccccc2C(F)(F)F)c1=O. The summed E-state index contributed by atoms with van der Waals surface area (Å²) in [4.78, 5) is 37.3. The monoisotopic (exact) mass is 384 g/mol. The molecular weight excluding hydrogens is 365 g/mol. The molecule has 2 aromatic rings. The van der Waals surface area contributed by atoms with Crippen LogP contribution in [-0.4, -0.2) is 21.7 Å². The fraction of sp³-hybridized carbons (Fsp3) is 0.389. The summed E-state index contributed by atoms with van der Waals surface area (Å²) >= 11 is 0. The number of benzene rings is 1. The molecule has 0 radical (unpaired) electrons. The second-order valence-electron chi connectivity index (χ2n) is 6.09. The molecule has 6 nitrogen and oxygen atoms in total. The number of esters is 1. The number of nitrogens with zero attached hydrogens (tertiary/aromatic N) is 2. The second-order valence-corrected chi connectivity index (χ2v) is 6.09. The molecular formula is C18H19F3N2O4. The zero-order valence-electron chi connectivity index (χ0n) is 15.0. The van der Waals surface area contributed by atoms with Crippen LogP contribution >= 0.6 is 0 Å². The summed E-state index contributed by atoms with van der Waals surface area (Å²) in [5.41, 5.74) is -3.41. The first-order valence-corrected chi connectivity index (χ1v) is 8.26. The van der Waals surface area contributed by atoms with E-state index in [4.69, 9.17) is 4.74 Å². The highest BCUT2D eigenvalue weighted by molar-refractivity contribution is 5.88. The Morgan fingerprint density at radius 1 is 1.19 bits per heavy atom. The third-order valence-corrected chi connectivity index (χ3v) is 3.90. The van der Waals surface area contributed by atoms with Gasteiger partial charge in [0.15, 0.2) is 0 Å². The summed E-state index contributed by atoms with van der Waals surface area (Å²) < 4.78 is 46.2. The lowest BCUT2D eigenvalue weighted by molar-refractivity contribution is -0.138. The van der Waals surface area contributed by atoms with Crippen LogP contribution in [0, 0.1) is 0 Å². The van der Waals surface area contributed by atoms with Crippen molar-refractivity contribution < 1.29 is 22.7 Å². The molecule has 0 saturated carbocycles. The molecule has 1 aromatic carbocycles. The number of rotatable bonds is 5. The van der Waals surface area contributed by atoms with Crippen molar-refractivity contribution >= 4 is 5.97 Å². The fourth-order valence-electron chi connectivity index (χ4n) is 2.58. The highest BCUT2D eigenvalue weighted by Crippen LogP contribution is 2.31. The van der Waals surface area contributed by atoms with Gasteiger partial charge in [0.25, 0.3) is 5.56 Å². The van der Waals surface area contributed by atoms with Gasteiger partial charge in [-0.15, -0.1) is 0 Å². The standard InChI is InChI=1S/C18H19F3N2O4/c1-4-27-16(25)13-10-22(11(2)3)17(26)23(15(13)24)9-12-7-5-6-8-14(12)18(19,20)21/h5-8,10-11H,4,9H2,1-3H3. The number of hydrogen-bond acceptors (Lipinski definition) is 4. The minimum atomic E-state index is -4.64. The lowest BCUT2D eigenvalue weighted by atomic mass is 10.1. The van der Waals surface area contributed by atoms with E-state index in [9.17, 15) is 27.6 Å². The number of hydrogen-bond donors (Lipinski definition) is 0. The number of aromatic nitrogens is 2. The molecule has 1 heterocycles. The van der Waals surface area contributed by atoms with E-state index in [-0.39, 0.29) is 12.2 Å². The van der Waals surface area contributed by atoms with Crippen LogP contribution in [0.25, 0.3) is 0 Å². The van der Waals surface area contributed by atoms with E-state index >= 15 is 0 Å². The van der Waals surface area contributed by atoms with Gasteiger partial charge < -0.3 is 4.74 Å². The summed E-state index contributed by atoms with van der Waals surface area (Å²) in [6, 6.07) is 4.24. The van der Waals surface area contributed by atoms with Crippen LogP contribution in [-0.2, 0) is 17.5 Å². The predicted octanol–water partition coefficient (Wildman–Crippen LogP) is 2.83. The van der Waals surface area contributed by atoms with E-state index in [1.54, 1.807) is 20.8 Å². The van der Waals surface area contributed by atoms with Gasteiger partial charge in [0, 0.05) is 12.2 Å². The molecule has 0 fully saturated rings. The van der Waals surface area contributed by atoms with E-state index < -0.39 is 47.1 Å². The third kappa shape index (κ3) is 4.29. The number of carbonyl (C=O) groups excluding carboxylic acids is 1. The summed E-state index contributed by atoms with van der Waals surface area (Å²) in [7, 11) is 0. The van der Waals surface area contributed by atoms with Crippen LogP contribution in [0.15, 0.2) is 40.1 Å². The lowest BCUT2D eigenvalue weighted by Gasteiger charge is -2.17. The Balaban J connectivity index is 2.69. The fourth-order valence-corrected chi connectivity index (χ4v) is 2.58. The van der Waals surface area contributed by atoms with Crippen molar-refractivity contribution in [3.8, 4) is 0 Å². The highest BCUT2D eigenvalue weighted by atomic mass is 19.4. The summed E-state index contributed by atoms with van der Waals surface area (Å²) in [6.45, 7) is 4.24. The van der Waals surface area contributed by atoms with Gasteiger partial charge in [-0.2, -0.15) is 13.2 Å². The number of carbonyl (C=O) groups is 1. The lowest BCUT2D eigenvalue weighted by Crippen LogP contribution is -2.43. The van der Waals surface area contributed by atoms with Gasteiger partial charge in [0.05, 0.1) is 18.7 Å². The Hall–Kier alpha value is -2.84. The number of alkyl halides is 3. The maximum Gasteiger partial charge on any atom is 0.416 e. The molecule has 0 amide bonds. The molecule has 0 bridgehead atoms. The van der Waals surface area contributed by atoms with Crippen LogP contribution in [0.4, 0.5) is 13.2 Å². The summed E-state index contributed by atoms with van der Waals surface area (Å²) in [5, 5.41) is 0. The number of halogens is 3. The average molecular weight is 384 g/mol. The average Bonchev–Trinajstić information content (AvgIpc) is 2.58. The molecule has 0 atom stereocenters. The first-order chi connectivity index (χ1) is 12.6. The van der Waals surface area contributed by atoms with Gasteiger partial charge >= 0.3 is 17.8 Å². The van der Waals surface area contributed by atoms with E-state index in [1.807, 2.05) is 0 Å². The highest BCUT2D eigenvalue weighted by Gasteiger charge is 2.33. The van der Waals surface area contributed by atoms with Gasteiger partial charge in [-0.25, -0.2) is 9.59 Å². The van der Waals surface area contributed by atoms with E-state index in [0.29, 0.717) is 4.57 Å². The van der Waals surface area contributed by atoms with Crippen LogP contribution in [0.2, 0.25) is 0 Å². The van der Waals surface area contributed by atoms with Crippen LogP contribution < -0.4 is 11.2 Å². The zero-order chi connectivity index (χ0) is 20.4. The molecule has 9 heteroatoms. The Labute approximate surface area is 152 Å². The minimum absolute atomic E-state index is 0.00991. The van der Waals surface area contributed by atoms with E-state index in [2.05, 4.69) is 0 Å². The molecule has 0 unspecified atom stereocenters. The van der Waals surface area contributed by atoms with Crippen molar-refractivity contribution in [1.29, 1.82) is 0 Å². The Morgan fingerprint density at radius 3 is 2.37 bits per heavy atom. The molecule has 0 N–H and O–H groups in total. The van der Waals surface area contributed by atoms with Crippen molar-refractivity contribution in [2.45, 2.75) is 39.5 Å². The van der Waals surface area contributed by atoms with E-state index in [0.717, 1.165) is 16.8 Å². The maximum atomic E-state index is 13.2. The molecule has 2 rings (SSSR count). The molecule has 0 aliphatic carbocycles. The predicted molar refractivity (Wildman–Crippen MR) is 91.8 cm³/mol. The number of ether oxygens (including phenoxy) is 1. The van der Waals surface area contributed by atoms with Crippen molar-refractivity contribution in [1.82, 2.24) is 9.13 Å². The molecule has 0 aliphatic rings. The molecule has 27 heavy (non-hydrogen) atoms. The Morgan fingerprint density at radius 2 is 1.81 bits per heavy atom. The summed E-state index contributed by atoms with van der Waals surface area (Å²) in [6.07, 6.45) is -3.56. The van der Waals surface area contributed by atoms with Crippen molar-refractivity contribution in [2.75, 3.05) is 6.61 Å². The zero-order valence-corrected chi connectivity index (χ0v) is 15.0. The van der Waals surface area contributed by atoms with Gasteiger partial charge in [-0.05, 0) is 32.4 Å². The van der Waals surface area contributed by atoms with Crippen molar-refractivity contribution in [3.63, 3.8) is 0 Å². The normalized spacial score (nSPS) is 11.7. The molecule has 0 saturated heterocycles. The maximum absolute atomic E-state index is 13.2. The topological polar surface area (TPSA) is 70.3 Å². The van der Waals surface area contributed by atoms with Gasteiger partial charge in [-0.3, -0.25) is 13.9 Å². The van der Waals surface area contributed by atoms with Crippen LogP contribution in [0.5, 0.6) is 0 Å². The van der Waals surface area contributed by atoms with Crippen molar-refractivity contribution in [3.05, 3.63) is 68.0 Å². The van der Waals surface area contributed by atoms with Crippen LogP contribution in [0.1, 0.15) is 48.3 Å². The third-order valence-electron chi connectivity index (χ3n) is 3.90. The van der Waals surface area contributed by atoms with Gasteiger partial charge in [-0.1, -0.05) is 18.2 Å². The first kappa shape index (κ1) is 20.5. The quantitative estimate of drug-likeness (QED) is 0.744. The summed E-state index contributed by atoms with van der Waals surface area (Å²) in [5.74, 6) is -0.935.